The third-order valence-corrected chi connectivity index (χ3v) is 4.34. The summed E-state index contributed by atoms with van der Waals surface area (Å²) < 4.78 is 0. The molecule has 0 amide bonds. The number of nitrogen functional groups attached to an aromatic ring is 1. The summed E-state index contributed by atoms with van der Waals surface area (Å²) in [6.07, 6.45) is 1.20. The topological polar surface area (TPSA) is 46.2 Å². The summed E-state index contributed by atoms with van der Waals surface area (Å²) >= 11 is 12.1. The van der Waals surface area contributed by atoms with Crippen LogP contribution in [0.25, 0.3) is 0 Å². The van der Waals surface area contributed by atoms with Crippen molar-refractivity contribution in [1.82, 2.24) is 0 Å². The van der Waals surface area contributed by atoms with Crippen LogP contribution < -0.4 is 5.73 Å². The van der Waals surface area contributed by atoms with E-state index in [0.717, 1.165) is 24.0 Å². The van der Waals surface area contributed by atoms with Gasteiger partial charge in [-0.15, -0.1) is 0 Å². The number of hydrogen-bond acceptors (Lipinski definition) is 2. The van der Waals surface area contributed by atoms with Gasteiger partial charge in [-0.25, -0.2) is 0 Å². The van der Waals surface area contributed by atoms with Crippen LogP contribution in [-0.4, -0.2) is 5.11 Å². The molecule has 2 aromatic rings. The number of halogens is 2. The first-order valence-corrected chi connectivity index (χ1v) is 7.77. The molecule has 3 N–H and O–H groups in total. The van der Waals surface area contributed by atoms with Crippen molar-refractivity contribution in [2.75, 3.05) is 5.73 Å². The van der Waals surface area contributed by atoms with Crippen molar-refractivity contribution in [2.45, 2.75) is 31.8 Å². The minimum Gasteiger partial charge on any atom is -0.399 e. The molecule has 2 aromatic carbocycles. The predicted molar refractivity (Wildman–Crippen MR) is 89.9 cm³/mol. The molecule has 0 aliphatic carbocycles. The lowest BCUT2D eigenvalue weighted by molar-refractivity contribution is 0.140. The van der Waals surface area contributed by atoms with Crippen LogP contribution in [-0.2, 0) is 0 Å². The number of rotatable bonds is 5. The van der Waals surface area contributed by atoms with Crippen LogP contribution >= 0.6 is 23.2 Å². The van der Waals surface area contributed by atoms with Crippen LogP contribution in [0.15, 0.2) is 42.5 Å². The van der Waals surface area contributed by atoms with Crippen LogP contribution in [0.2, 0.25) is 10.0 Å². The fourth-order valence-electron chi connectivity index (χ4n) is 2.54. The normalized spacial score (nSPS) is 13.9. The zero-order valence-corrected chi connectivity index (χ0v) is 13.4. The molecule has 2 nitrogen and oxygen atoms in total. The summed E-state index contributed by atoms with van der Waals surface area (Å²) in [5, 5.41) is 11.7. The van der Waals surface area contributed by atoms with Gasteiger partial charge < -0.3 is 10.8 Å². The van der Waals surface area contributed by atoms with Gasteiger partial charge in [-0.1, -0.05) is 54.7 Å². The van der Waals surface area contributed by atoms with E-state index in [-0.39, 0.29) is 5.92 Å². The molecule has 0 aromatic heterocycles. The molecule has 0 spiro atoms. The van der Waals surface area contributed by atoms with Crippen LogP contribution in [0.5, 0.6) is 0 Å². The second-order valence-electron chi connectivity index (χ2n) is 5.18. The van der Waals surface area contributed by atoms with Gasteiger partial charge >= 0.3 is 0 Å². The van der Waals surface area contributed by atoms with Crippen molar-refractivity contribution in [3.63, 3.8) is 0 Å². The number of aliphatic hydroxyl groups excluding tert-OH is 1. The average Bonchev–Trinajstić information content (AvgIpc) is 2.47. The van der Waals surface area contributed by atoms with Crippen molar-refractivity contribution in [2.24, 2.45) is 0 Å². The second-order valence-corrected chi connectivity index (χ2v) is 6.00. The molecular formula is C17H19Cl2NO. The Morgan fingerprint density at radius 3 is 2.43 bits per heavy atom. The van der Waals surface area contributed by atoms with E-state index in [1.165, 1.54) is 0 Å². The van der Waals surface area contributed by atoms with Gasteiger partial charge in [-0.3, -0.25) is 0 Å². The molecule has 0 bridgehead atoms. The van der Waals surface area contributed by atoms with E-state index >= 15 is 0 Å². The third kappa shape index (κ3) is 3.91. The van der Waals surface area contributed by atoms with Crippen molar-refractivity contribution in [3.05, 3.63) is 63.6 Å². The Morgan fingerprint density at radius 2 is 1.81 bits per heavy atom. The molecule has 0 aliphatic rings. The van der Waals surface area contributed by atoms with Crippen molar-refractivity contribution in [1.29, 1.82) is 0 Å². The fraction of sp³-hybridized carbons (Fsp3) is 0.294. The zero-order valence-electron chi connectivity index (χ0n) is 11.9. The van der Waals surface area contributed by atoms with E-state index in [0.29, 0.717) is 15.7 Å². The summed E-state index contributed by atoms with van der Waals surface area (Å²) in [5.74, 6) is -0.0356. The van der Waals surface area contributed by atoms with Crippen molar-refractivity contribution < 1.29 is 5.11 Å². The SMILES string of the molecule is CCC[C@@H](c1ccc(Cl)c(Cl)c1)[C@@H](O)c1cccc(N)c1. The maximum atomic E-state index is 10.7. The highest BCUT2D eigenvalue weighted by atomic mass is 35.5. The Balaban J connectivity index is 2.35. The quantitative estimate of drug-likeness (QED) is 0.743. The molecule has 4 heteroatoms. The number of aliphatic hydroxyl groups is 1. The molecule has 0 saturated carbocycles. The number of hydrogen-bond donors (Lipinski definition) is 2. The molecule has 2 atom stereocenters. The van der Waals surface area contributed by atoms with E-state index in [1.54, 1.807) is 6.07 Å². The Labute approximate surface area is 135 Å². The number of anilines is 1. The molecule has 112 valence electrons. The largest absolute Gasteiger partial charge is 0.399 e. The van der Waals surface area contributed by atoms with Gasteiger partial charge in [0.2, 0.25) is 0 Å². The van der Waals surface area contributed by atoms with Crippen LogP contribution in [0.3, 0.4) is 0 Å². The first-order valence-electron chi connectivity index (χ1n) is 7.01. The molecule has 0 unspecified atom stereocenters. The molecule has 2 rings (SSSR count). The first kappa shape index (κ1) is 16.2. The summed E-state index contributed by atoms with van der Waals surface area (Å²) in [7, 11) is 0. The van der Waals surface area contributed by atoms with Crippen molar-refractivity contribution >= 4 is 28.9 Å². The number of nitrogens with two attached hydrogens (primary N) is 1. The summed E-state index contributed by atoms with van der Waals surface area (Å²) in [6, 6.07) is 12.9. The van der Waals surface area contributed by atoms with Crippen LogP contribution in [0.4, 0.5) is 5.69 Å². The second kappa shape index (κ2) is 7.17. The molecule has 0 heterocycles. The Kier molecular flexibility index (Phi) is 5.51. The lowest BCUT2D eigenvalue weighted by atomic mass is 9.86. The fourth-order valence-corrected chi connectivity index (χ4v) is 2.84. The highest BCUT2D eigenvalue weighted by molar-refractivity contribution is 6.42. The van der Waals surface area contributed by atoms with E-state index in [2.05, 4.69) is 6.92 Å². The Morgan fingerprint density at radius 1 is 1.05 bits per heavy atom. The monoisotopic (exact) mass is 323 g/mol. The Hall–Kier alpha value is -1.22. The van der Waals surface area contributed by atoms with Crippen molar-refractivity contribution in [3.8, 4) is 0 Å². The van der Waals surface area contributed by atoms with Crippen LogP contribution in [0, 0.1) is 0 Å². The van der Waals surface area contributed by atoms with E-state index < -0.39 is 6.10 Å². The predicted octanol–water partition coefficient (Wildman–Crippen LogP) is 5.19. The molecule has 0 fully saturated rings. The minimum absolute atomic E-state index is 0.0356. The van der Waals surface area contributed by atoms with E-state index in [1.807, 2.05) is 36.4 Å². The average molecular weight is 324 g/mol. The molecular weight excluding hydrogens is 305 g/mol. The van der Waals surface area contributed by atoms with Gasteiger partial charge in [0.1, 0.15) is 0 Å². The van der Waals surface area contributed by atoms with Gasteiger partial charge in [0.15, 0.2) is 0 Å². The maximum Gasteiger partial charge on any atom is 0.0859 e. The lowest BCUT2D eigenvalue weighted by Crippen LogP contribution is -2.11. The van der Waals surface area contributed by atoms with Gasteiger partial charge in [0.25, 0.3) is 0 Å². The lowest BCUT2D eigenvalue weighted by Gasteiger charge is -2.24. The zero-order chi connectivity index (χ0) is 15.4. The molecule has 21 heavy (non-hydrogen) atoms. The van der Waals surface area contributed by atoms with Gasteiger partial charge in [-0.05, 0) is 41.8 Å². The highest BCUT2D eigenvalue weighted by Crippen LogP contribution is 2.37. The maximum absolute atomic E-state index is 10.7. The molecule has 0 saturated heterocycles. The molecule has 0 aliphatic heterocycles. The smallest absolute Gasteiger partial charge is 0.0859 e. The summed E-state index contributed by atoms with van der Waals surface area (Å²) in [4.78, 5) is 0. The highest BCUT2D eigenvalue weighted by Gasteiger charge is 2.22. The Bertz CT molecular complexity index is 615. The summed E-state index contributed by atoms with van der Waals surface area (Å²) in [5.41, 5.74) is 8.26. The number of benzene rings is 2. The first-order chi connectivity index (χ1) is 10.0. The standard InChI is InChI=1S/C17H19Cl2NO/c1-2-4-14(11-7-8-15(18)16(19)10-11)17(21)12-5-3-6-13(20)9-12/h3,5-10,14,17,21H,2,4,20H2,1H3/t14-,17-/m0/s1. The third-order valence-electron chi connectivity index (χ3n) is 3.60. The van der Waals surface area contributed by atoms with Gasteiger partial charge in [-0.2, -0.15) is 0 Å². The van der Waals surface area contributed by atoms with Gasteiger partial charge in [0, 0.05) is 11.6 Å². The van der Waals surface area contributed by atoms with E-state index in [4.69, 9.17) is 28.9 Å². The van der Waals surface area contributed by atoms with Crippen LogP contribution in [0.1, 0.15) is 42.9 Å². The summed E-state index contributed by atoms with van der Waals surface area (Å²) in [6.45, 7) is 2.09. The minimum atomic E-state index is -0.620. The molecule has 0 radical (unpaired) electrons. The van der Waals surface area contributed by atoms with E-state index in [9.17, 15) is 5.11 Å². The van der Waals surface area contributed by atoms with Gasteiger partial charge in [0.05, 0.1) is 16.1 Å².